The number of aryl methyl sites for hydroxylation is 1. The van der Waals surface area contributed by atoms with Crippen molar-refractivity contribution in [3.63, 3.8) is 0 Å². The summed E-state index contributed by atoms with van der Waals surface area (Å²) in [6.45, 7) is 3.70. The van der Waals surface area contributed by atoms with Crippen LogP contribution in [-0.2, 0) is 9.59 Å². The van der Waals surface area contributed by atoms with Gasteiger partial charge < -0.3 is 10.2 Å². The molecule has 1 atom stereocenters. The molecule has 130 valence electrons. The van der Waals surface area contributed by atoms with Crippen LogP contribution in [0.25, 0.3) is 0 Å². The molecule has 0 bridgehead atoms. The van der Waals surface area contributed by atoms with Crippen LogP contribution in [0.15, 0.2) is 54.6 Å². The van der Waals surface area contributed by atoms with Crippen molar-refractivity contribution in [1.82, 2.24) is 10.2 Å². The van der Waals surface area contributed by atoms with Crippen LogP contribution < -0.4 is 5.32 Å². The van der Waals surface area contributed by atoms with Crippen LogP contribution in [0.4, 0.5) is 0 Å². The molecule has 4 heteroatoms. The van der Waals surface area contributed by atoms with E-state index in [-0.39, 0.29) is 17.7 Å². The van der Waals surface area contributed by atoms with E-state index in [1.165, 1.54) is 11.1 Å². The van der Waals surface area contributed by atoms with Crippen molar-refractivity contribution in [2.24, 2.45) is 0 Å². The van der Waals surface area contributed by atoms with Gasteiger partial charge in [0, 0.05) is 38.4 Å². The van der Waals surface area contributed by atoms with Gasteiger partial charge in [-0.25, -0.2) is 0 Å². The maximum atomic E-state index is 12.9. The summed E-state index contributed by atoms with van der Waals surface area (Å²) >= 11 is 0. The van der Waals surface area contributed by atoms with Crippen LogP contribution in [0.1, 0.15) is 35.4 Å². The van der Waals surface area contributed by atoms with Gasteiger partial charge in [0.15, 0.2) is 0 Å². The molecule has 2 amide bonds. The molecule has 1 unspecified atom stereocenters. The van der Waals surface area contributed by atoms with Crippen molar-refractivity contribution < 1.29 is 9.59 Å². The molecule has 1 N–H and O–H groups in total. The van der Waals surface area contributed by atoms with E-state index in [2.05, 4.69) is 36.5 Å². The number of nitrogens with one attached hydrogen (secondary N) is 1. The Balaban J connectivity index is 1.84. The SMILES string of the molecule is Cc1ccccc1C(CC(=O)N1CCNC(=O)CC1)c1ccccc1. The smallest absolute Gasteiger partial charge is 0.223 e. The molecule has 0 aromatic heterocycles. The molecule has 0 aliphatic carbocycles. The monoisotopic (exact) mass is 336 g/mol. The average Bonchev–Trinajstić information content (AvgIpc) is 2.86. The van der Waals surface area contributed by atoms with E-state index in [0.29, 0.717) is 32.5 Å². The van der Waals surface area contributed by atoms with Gasteiger partial charge in [-0.3, -0.25) is 9.59 Å². The Hall–Kier alpha value is -2.62. The Kier molecular flexibility index (Phi) is 5.49. The average molecular weight is 336 g/mol. The minimum absolute atomic E-state index is 0.0220. The number of rotatable bonds is 4. The highest BCUT2D eigenvalue weighted by molar-refractivity contribution is 5.81. The fraction of sp³-hybridized carbons (Fsp3) is 0.333. The first-order chi connectivity index (χ1) is 12.1. The van der Waals surface area contributed by atoms with E-state index in [4.69, 9.17) is 0 Å². The number of nitrogens with zero attached hydrogens (tertiary/aromatic N) is 1. The second kappa shape index (κ2) is 7.97. The summed E-state index contributed by atoms with van der Waals surface area (Å²) in [5, 5.41) is 2.82. The molecule has 4 nitrogen and oxygen atoms in total. The molecular weight excluding hydrogens is 312 g/mol. The Bertz CT molecular complexity index is 743. The fourth-order valence-corrected chi connectivity index (χ4v) is 3.39. The lowest BCUT2D eigenvalue weighted by molar-refractivity contribution is -0.131. The van der Waals surface area contributed by atoms with Crippen LogP contribution in [0.3, 0.4) is 0 Å². The van der Waals surface area contributed by atoms with Gasteiger partial charge in [-0.05, 0) is 23.6 Å². The van der Waals surface area contributed by atoms with Crippen LogP contribution in [0, 0.1) is 6.92 Å². The quantitative estimate of drug-likeness (QED) is 0.933. The first-order valence-electron chi connectivity index (χ1n) is 8.80. The summed E-state index contributed by atoms with van der Waals surface area (Å²) in [5.74, 6) is 0.157. The molecule has 1 aliphatic rings. The Morgan fingerprint density at radius 1 is 1.08 bits per heavy atom. The second-order valence-corrected chi connectivity index (χ2v) is 6.50. The van der Waals surface area contributed by atoms with E-state index in [1.807, 2.05) is 35.2 Å². The molecular formula is C21H24N2O2. The van der Waals surface area contributed by atoms with Crippen molar-refractivity contribution in [3.05, 3.63) is 71.3 Å². The highest BCUT2D eigenvalue weighted by Crippen LogP contribution is 2.30. The minimum Gasteiger partial charge on any atom is -0.354 e. The number of hydrogen-bond donors (Lipinski definition) is 1. The number of amides is 2. The topological polar surface area (TPSA) is 49.4 Å². The first-order valence-corrected chi connectivity index (χ1v) is 8.80. The molecule has 0 saturated carbocycles. The normalized spacial score (nSPS) is 16.0. The maximum absolute atomic E-state index is 12.9. The molecule has 1 saturated heterocycles. The van der Waals surface area contributed by atoms with E-state index in [0.717, 1.165) is 5.56 Å². The minimum atomic E-state index is 0.0220. The molecule has 25 heavy (non-hydrogen) atoms. The zero-order chi connectivity index (χ0) is 17.6. The van der Waals surface area contributed by atoms with Gasteiger partial charge in [0.25, 0.3) is 0 Å². The molecule has 1 aliphatic heterocycles. The molecule has 0 spiro atoms. The van der Waals surface area contributed by atoms with Gasteiger partial charge in [0.05, 0.1) is 0 Å². The van der Waals surface area contributed by atoms with Gasteiger partial charge >= 0.3 is 0 Å². The maximum Gasteiger partial charge on any atom is 0.223 e. The third-order valence-electron chi connectivity index (χ3n) is 4.81. The first kappa shape index (κ1) is 17.2. The van der Waals surface area contributed by atoms with Crippen molar-refractivity contribution in [2.45, 2.75) is 25.7 Å². The lowest BCUT2D eigenvalue weighted by atomic mass is 9.85. The fourth-order valence-electron chi connectivity index (χ4n) is 3.39. The lowest BCUT2D eigenvalue weighted by Crippen LogP contribution is -2.35. The molecule has 1 fully saturated rings. The van der Waals surface area contributed by atoms with Crippen LogP contribution in [0.2, 0.25) is 0 Å². The van der Waals surface area contributed by atoms with Gasteiger partial charge in [0.2, 0.25) is 11.8 Å². The number of carbonyl (C=O) groups excluding carboxylic acids is 2. The highest BCUT2D eigenvalue weighted by atomic mass is 16.2. The Labute approximate surface area is 148 Å². The van der Waals surface area contributed by atoms with E-state index in [1.54, 1.807) is 0 Å². The van der Waals surface area contributed by atoms with E-state index < -0.39 is 0 Å². The van der Waals surface area contributed by atoms with Crippen LogP contribution >= 0.6 is 0 Å². The second-order valence-electron chi connectivity index (χ2n) is 6.50. The van der Waals surface area contributed by atoms with Crippen molar-refractivity contribution >= 4 is 11.8 Å². The van der Waals surface area contributed by atoms with Crippen molar-refractivity contribution in [2.75, 3.05) is 19.6 Å². The van der Waals surface area contributed by atoms with Gasteiger partial charge in [-0.15, -0.1) is 0 Å². The summed E-state index contributed by atoms with van der Waals surface area (Å²) < 4.78 is 0. The van der Waals surface area contributed by atoms with Gasteiger partial charge in [-0.2, -0.15) is 0 Å². The zero-order valence-corrected chi connectivity index (χ0v) is 14.6. The largest absolute Gasteiger partial charge is 0.354 e. The number of benzene rings is 2. The molecule has 1 heterocycles. The summed E-state index contributed by atoms with van der Waals surface area (Å²) in [5.41, 5.74) is 3.53. The Morgan fingerprint density at radius 2 is 1.80 bits per heavy atom. The van der Waals surface area contributed by atoms with Gasteiger partial charge in [0.1, 0.15) is 0 Å². The third kappa shape index (κ3) is 4.27. The summed E-state index contributed by atoms with van der Waals surface area (Å²) in [6.07, 6.45) is 0.801. The predicted octanol–water partition coefficient (Wildman–Crippen LogP) is 2.87. The van der Waals surface area contributed by atoms with E-state index in [9.17, 15) is 9.59 Å². The third-order valence-corrected chi connectivity index (χ3v) is 4.81. The molecule has 0 radical (unpaired) electrons. The van der Waals surface area contributed by atoms with Crippen LogP contribution in [0.5, 0.6) is 0 Å². The molecule has 2 aromatic rings. The lowest BCUT2D eigenvalue weighted by Gasteiger charge is -2.25. The van der Waals surface area contributed by atoms with Crippen molar-refractivity contribution in [1.29, 1.82) is 0 Å². The standard InChI is InChI=1S/C21H24N2O2/c1-16-7-5-6-10-18(16)19(17-8-3-2-4-9-17)15-21(25)23-13-11-20(24)22-12-14-23/h2-10,19H,11-15H2,1H3,(H,22,24). The molecule has 2 aromatic carbocycles. The highest BCUT2D eigenvalue weighted by Gasteiger charge is 2.24. The Morgan fingerprint density at radius 3 is 2.56 bits per heavy atom. The number of hydrogen-bond acceptors (Lipinski definition) is 2. The van der Waals surface area contributed by atoms with Gasteiger partial charge in [-0.1, -0.05) is 54.6 Å². The van der Waals surface area contributed by atoms with Crippen LogP contribution in [-0.4, -0.2) is 36.3 Å². The summed E-state index contributed by atoms with van der Waals surface area (Å²) in [6, 6.07) is 18.4. The molecule has 3 rings (SSSR count). The predicted molar refractivity (Wildman–Crippen MR) is 98.3 cm³/mol. The van der Waals surface area contributed by atoms with E-state index >= 15 is 0 Å². The summed E-state index contributed by atoms with van der Waals surface area (Å²) in [4.78, 5) is 26.2. The van der Waals surface area contributed by atoms with Crippen molar-refractivity contribution in [3.8, 4) is 0 Å². The zero-order valence-electron chi connectivity index (χ0n) is 14.6. The number of carbonyl (C=O) groups is 2. The summed E-state index contributed by atoms with van der Waals surface area (Å²) in [7, 11) is 0.